The van der Waals surface area contributed by atoms with Gasteiger partial charge in [-0.1, -0.05) is 17.4 Å². The molecular weight excluding hydrogens is 352 g/mol. The van der Waals surface area contributed by atoms with E-state index in [2.05, 4.69) is 15.3 Å². The Labute approximate surface area is 153 Å². The van der Waals surface area contributed by atoms with E-state index in [9.17, 15) is 4.79 Å². The number of benzene rings is 1. The topological polar surface area (TPSA) is 82.2 Å². The van der Waals surface area contributed by atoms with Crippen molar-refractivity contribution in [3.8, 4) is 10.8 Å². The molecule has 0 saturated heterocycles. The fraction of sp³-hybridized carbons (Fsp3) is 0.167. The van der Waals surface area contributed by atoms with E-state index >= 15 is 0 Å². The van der Waals surface area contributed by atoms with Crippen molar-refractivity contribution in [2.24, 2.45) is 7.05 Å². The van der Waals surface area contributed by atoms with Crippen LogP contribution in [0, 0.1) is 6.92 Å². The van der Waals surface area contributed by atoms with Crippen LogP contribution in [0.25, 0.3) is 21.8 Å². The Morgan fingerprint density at radius 1 is 1.38 bits per heavy atom. The lowest BCUT2D eigenvalue weighted by Gasteiger charge is -2.06. The smallest absolute Gasteiger partial charge is 0.412 e. The van der Waals surface area contributed by atoms with Crippen molar-refractivity contribution in [3.63, 3.8) is 0 Å². The first-order valence-corrected chi connectivity index (χ1v) is 8.77. The third-order valence-corrected chi connectivity index (χ3v) is 4.99. The van der Waals surface area contributed by atoms with Gasteiger partial charge in [-0.25, -0.2) is 14.8 Å². The van der Waals surface area contributed by atoms with Crippen LogP contribution in [-0.4, -0.2) is 20.6 Å². The summed E-state index contributed by atoms with van der Waals surface area (Å²) in [7, 11) is 1.94. The standard InChI is InChI=1S/C18H16N4O3S/c1-11-16(26-17(20-11)15-4-3-7-24-15)21-18(23)25-9-12-5-6-14-13(8-12)19-10-22(14)2/h3-8,10H,9H2,1-2H3,(H,21,23). The number of hydrogen-bond donors (Lipinski definition) is 1. The Hall–Kier alpha value is -3.13. The van der Waals surface area contributed by atoms with Crippen molar-refractivity contribution in [2.75, 3.05) is 5.32 Å². The van der Waals surface area contributed by atoms with Crippen LogP contribution in [0.3, 0.4) is 0 Å². The number of fused-ring (bicyclic) bond motifs is 1. The molecule has 0 unspecified atom stereocenters. The lowest BCUT2D eigenvalue weighted by Crippen LogP contribution is -2.13. The number of hydrogen-bond acceptors (Lipinski definition) is 6. The Kier molecular flexibility index (Phi) is 4.18. The van der Waals surface area contributed by atoms with Crippen LogP contribution in [0.4, 0.5) is 9.80 Å². The second-order valence-electron chi connectivity index (χ2n) is 5.79. The molecule has 0 aliphatic heterocycles. The van der Waals surface area contributed by atoms with Crippen molar-refractivity contribution < 1.29 is 13.9 Å². The molecule has 0 aliphatic rings. The number of nitrogens with one attached hydrogen (secondary N) is 1. The van der Waals surface area contributed by atoms with Gasteiger partial charge in [-0.2, -0.15) is 0 Å². The molecular formula is C18H16N4O3S. The van der Waals surface area contributed by atoms with E-state index in [1.807, 2.05) is 42.8 Å². The fourth-order valence-corrected chi connectivity index (χ4v) is 3.49. The third kappa shape index (κ3) is 3.18. The van der Waals surface area contributed by atoms with Crippen molar-refractivity contribution in [1.82, 2.24) is 14.5 Å². The molecule has 1 N–H and O–H groups in total. The Morgan fingerprint density at radius 2 is 2.27 bits per heavy atom. The Balaban J connectivity index is 1.40. The molecule has 0 radical (unpaired) electrons. The molecule has 1 amide bonds. The molecule has 0 fully saturated rings. The summed E-state index contributed by atoms with van der Waals surface area (Å²) in [5.41, 5.74) is 3.50. The van der Waals surface area contributed by atoms with Gasteiger partial charge in [0.25, 0.3) is 0 Å². The first kappa shape index (κ1) is 16.3. The van der Waals surface area contributed by atoms with Crippen LogP contribution >= 0.6 is 11.3 Å². The minimum atomic E-state index is -0.524. The van der Waals surface area contributed by atoms with E-state index in [1.165, 1.54) is 11.3 Å². The molecule has 3 aromatic heterocycles. The number of anilines is 1. The highest BCUT2D eigenvalue weighted by Crippen LogP contribution is 2.32. The average Bonchev–Trinajstić information content (AvgIpc) is 3.35. The summed E-state index contributed by atoms with van der Waals surface area (Å²) >= 11 is 1.34. The highest BCUT2D eigenvalue weighted by Gasteiger charge is 2.14. The first-order valence-electron chi connectivity index (χ1n) is 7.95. The van der Waals surface area contributed by atoms with Gasteiger partial charge in [0.2, 0.25) is 0 Å². The molecule has 132 valence electrons. The molecule has 0 atom stereocenters. The summed E-state index contributed by atoms with van der Waals surface area (Å²) in [5, 5.41) is 4.09. The second kappa shape index (κ2) is 6.64. The summed E-state index contributed by atoms with van der Waals surface area (Å²) in [6, 6.07) is 9.42. The minimum absolute atomic E-state index is 0.168. The zero-order valence-electron chi connectivity index (χ0n) is 14.2. The number of ether oxygens (including phenoxy) is 1. The van der Waals surface area contributed by atoms with Gasteiger partial charge in [-0.15, -0.1) is 0 Å². The van der Waals surface area contributed by atoms with E-state index in [4.69, 9.17) is 9.15 Å². The van der Waals surface area contributed by atoms with Crippen molar-refractivity contribution in [2.45, 2.75) is 13.5 Å². The molecule has 0 saturated carbocycles. The van der Waals surface area contributed by atoms with E-state index in [-0.39, 0.29) is 6.61 Å². The number of aromatic nitrogens is 3. The fourth-order valence-electron chi connectivity index (χ4n) is 2.57. The van der Waals surface area contributed by atoms with E-state index in [0.717, 1.165) is 16.6 Å². The van der Waals surface area contributed by atoms with Gasteiger partial charge >= 0.3 is 6.09 Å². The highest BCUT2D eigenvalue weighted by molar-refractivity contribution is 7.19. The number of imidazole rings is 1. The molecule has 0 bridgehead atoms. The number of thiazole rings is 1. The third-order valence-electron chi connectivity index (χ3n) is 3.90. The van der Waals surface area contributed by atoms with Crippen molar-refractivity contribution in [1.29, 1.82) is 0 Å². The van der Waals surface area contributed by atoms with Crippen molar-refractivity contribution >= 4 is 33.5 Å². The molecule has 4 aromatic rings. The van der Waals surface area contributed by atoms with Gasteiger partial charge in [0.1, 0.15) is 11.6 Å². The predicted octanol–water partition coefficient (Wildman–Crippen LogP) is 4.35. The van der Waals surface area contributed by atoms with Gasteiger partial charge in [0.15, 0.2) is 10.8 Å². The zero-order valence-corrected chi connectivity index (χ0v) is 15.0. The lowest BCUT2D eigenvalue weighted by atomic mass is 10.2. The van der Waals surface area contributed by atoms with Gasteiger partial charge in [0.05, 0.1) is 29.3 Å². The van der Waals surface area contributed by atoms with Crippen LogP contribution in [-0.2, 0) is 18.4 Å². The number of carbonyl (C=O) groups is 1. The molecule has 1 aromatic carbocycles. The molecule has 4 rings (SSSR count). The molecule has 26 heavy (non-hydrogen) atoms. The van der Waals surface area contributed by atoms with E-state index in [1.54, 1.807) is 18.7 Å². The van der Waals surface area contributed by atoms with E-state index in [0.29, 0.717) is 21.5 Å². The van der Waals surface area contributed by atoms with E-state index < -0.39 is 6.09 Å². The summed E-state index contributed by atoms with van der Waals surface area (Å²) in [4.78, 5) is 20.8. The van der Waals surface area contributed by atoms with Gasteiger partial charge in [-0.05, 0) is 36.8 Å². The predicted molar refractivity (Wildman–Crippen MR) is 99.1 cm³/mol. The quantitative estimate of drug-likeness (QED) is 0.579. The molecule has 8 heteroatoms. The molecule has 3 heterocycles. The Morgan fingerprint density at radius 3 is 3.08 bits per heavy atom. The van der Waals surface area contributed by atoms with Crippen LogP contribution in [0.15, 0.2) is 47.3 Å². The normalized spacial score (nSPS) is 11.0. The summed E-state index contributed by atoms with van der Waals surface area (Å²) in [6.07, 6.45) is 2.82. The van der Waals surface area contributed by atoms with Crippen molar-refractivity contribution in [3.05, 3.63) is 54.2 Å². The number of amides is 1. The lowest BCUT2D eigenvalue weighted by molar-refractivity contribution is 0.155. The van der Waals surface area contributed by atoms with Gasteiger partial charge in [-0.3, -0.25) is 5.32 Å². The summed E-state index contributed by atoms with van der Waals surface area (Å²) < 4.78 is 12.6. The monoisotopic (exact) mass is 368 g/mol. The van der Waals surface area contributed by atoms with Crippen LogP contribution in [0.1, 0.15) is 11.3 Å². The number of nitrogens with zero attached hydrogens (tertiary/aromatic N) is 3. The van der Waals surface area contributed by atoms with Crippen LogP contribution in [0.5, 0.6) is 0 Å². The second-order valence-corrected chi connectivity index (χ2v) is 6.79. The SMILES string of the molecule is Cc1nc(-c2ccco2)sc1NC(=O)OCc1ccc2c(c1)ncn2C. The Bertz CT molecular complexity index is 1070. The number of furan rings is 1. The minimum Gasteiger partial charge on any atom is -0.462 e. The number of carbonyl (C=O) groups excluding carboxylic acids is 1. The largest absolute Gasteiger partial charge is 0.462 e. The van der Waals surface area contributed by atoms with Gasteiger partial charge in [0, 0.05) is 7.05 Å². The molecule has 0 aliphatic carbocycles. The number of aryl methyl sites for hydroxylation is 2. The van der Waals surface area contributed by atoms with Gasteiger partial charge < -0.3 is 13.7 Å². The van der Waals surface area contributed by atoms with Crippen LogP contribution < -0.4 is 5.32 Å². The number of rotatable bonds is 4. The average molecular weight is 368 g/mol. The molecule has 0 spiro atoms. The maximum Gasteiger partial charge on any atom is 0.412 e. The first-order chi connectivity index (χ1) is 12.6. The summed E-state index contributed by atoms with van der Waals surface area (Å²) in [5.74, 6) is 0.670. The maximum atomic E-state index is 12.1. The zero-order chi connectivity index (χ0) is 18.1. The van der Waals surface area contributed by atoms with Crippen LogP contribution in [0.2, 0.25) is 0 Å². The highest BCUT2D eigenvalue weighted by atomic mass is 32.1. The maximum absolute atomic E-state index is 12.1. The molecule has 7 nitrogen and oxygen atoms in total. The summed E-state index contributed by atoms with van der Waals surface area (Å²) in [6.45, 7) is 1.99.